The van der Waals surface area contributed by atoms with Crippen LogP contribution < -0.4 is 5.32 Å². The maximum Gasteiger partial charge on any atom is 0.260 e. The second kappa shape index (κ2) is 5.02. The zero-order valence-electron chi connectivity index (χ0n) is 14.5. The lowest BCUT2D eigenvalue weighted by molar-refractivity contribution is -0.119. The van der Waals surface area contributed by atoms with Crippen LogP contribution in [0.1, 0.15) is 75.5 Å². The number of carbonyl (C=O) groups is 1. The van der Waals surface area contributed by atoms with Crippen molar-refractivity contribution in [3.05, 3.63) is 11.3 Å². The van der Waals surface area contributed by atoms with Crippen molar-refractivity contribution in [2.24, 2.45) is 18.4 Å². The minimum atomic E-state index is -2.83. The molecule has 0 unspecified atom stereocenters. The smallest absolute Gasteiger partial charge is 0.260 e. The van der Waals surface area contributed by atoms with E-state index in [0.717, 1.165) is 36.9 Å². The van der Waals surface area contributed by atoms with Gasteiger partial charge in [-0.2, -0.15) is 5.10 Å². The Morgan fingerprint density at radius 3 is 2.29 bits per heavy atom. The monoisotopic (exact) mass is 337 g/mol. The third-order valence-corrected chi connectivity index (χ3v) is 5.99. The Balaban J connectivity index is 1.61. The predicted molar refractivity (Wildman–Crippen MR) is 87.2 cm³/mol. The number of halogens is 2. The summed E-state index contributed by atoms with van der Waals surface area (Å²) in [5.41, 5.74) is 2.54. The number of hydrogen-bond acceptors (Lipinski definition) is 2. The van der Waals surface area contributed by atoms with Crippen LogP contribution in [0.25, 0.3) is 0 Å². The molecule has 6 heteroatoms. The number of nitrogens with zero attached hydrogens (tertiary/aromatic N) is 2. The SMILES string of the molecule is Cn1nc(C2CC(C)(C)C2)c(C2CCC2)c1NC(=O)[C@H]1CC1(F)F. The van der Waals surface area contributed by atoms with Gasteiger partial charge < -0.3 is 5.32 Å². The fourth-order valence-electron chi connectivity index (χ4n) is 4.28. The number of carbonyl (C=O) groups excluding carboxylic acids is 1. The van der Waals surface area contributed by atoms with Crippen molar-refractivity contribution in [3.8, 4) is 0 Å². The Bertz CT molecular complexity index is 683. The number of alkyl halides is 2. The van der Waals surface area contributed by atoms with Crippen LogP contribution in [-0.2, 0) is 11.8 Å². The number of hydrogen-bond donors (Lipinski definition) is 1. The van der Waals surface area contributed by atoms with Crippen molar-refractivity contribution in [2.45, 2.75) is 70.1 Å². The molecule has 3 fully saturated rings. The Hall–Kier alpha value is -1.46. The number of aromatic nitrogens is 2. The fourth-order valence-corrected chi connectivity index (χ4v) is 4.28. The molecule has 0 radical (unpaired) electrons. The van der Waals surface area contributed by atoms with Crippen molar-refractivity contribution in [3.63, 3.8) is 0 Å². The van der Waals surface area contributed by atoms with E-state index < -0.39 is 17.7 Å². The molecule has 3 aliphatic rings. The van der Waals surface area contributed by atoms with Gasteiger partial charge in [-0.25, -0.2) is 8.78 Å². The molecule has 4 rings (SSSR count). The number of amides is 1. The maximum absolute atomic E-state index is 13.2. The van der Waals surface area contributed by atoms with Crippen LogP contribution in [0.2, 0.25) is 0 Å². The van der Waals surface area contributed by atoms with Gasteiger partial charge in [-0.15, -0.1) is 0 Å². The zero-order chi connectivity index (χ0) is 17.3. The van der Waals surface area contributed by atoms with Crippen molar-refractivity contribution in [1.82, 2.24) is 9.78 Å². The van der Waals surface area contributed by atoms with Gasteiger partial charge in [0.2, 0.25) is 5.91 Å². The molecule has 4 nitrogen and oxygen atoms in total. The van der Waals surface area contributed by atoms with Gasteiger partial charge in [0.1, 0.15) is 11.7 Å². The van der Waals surface area contributed by atoms with Crippen molar-refractivity contribution in [2.75, 3.05) is 5.32 Å². The molecule has 3 saturated carbocycles. The molecule has 1 amide bonds. The summed E-state index contributed by atoms with van der Waals surface area (Å²) in [5.74, 6) is -3.09. The summed E-state index contributed by atoms with van der Waals surface area (Å²) >= 11 is 0. The van der Waals surface area contributed by atoms with Crippen LogP contribution in [0.3, 0.4) is 0 Å². The van der Waals surface area contributed by atoms with Crippen LogP contribution in [0.4, 0.5) is 14.6 Å². The molecule has 0 saturated heterocycles. The third kappa shape index (κ3) is 2.54. The Morgan fingerprint density at radius 1 is 1.21 bits per heavy atom. The number of rotatable bonds is 4. The van der Waals surface area contributed by atoms with E-state index in [1.54, 1.807) is 11.7 Å². The molecule has 132 valence electrons. The highest BCUT2D eigenvalue weighted by Crippen LogP contribution is 2.54. The summed E-state index contributed by atoms with van der Waals surface area (Å²) < 4.78 is 28.1. The van der Waals surface area contributed by atoms with E-state index in [2.05, 4.69) is 24.3 Å². The molecular weight excluding hydrogens is 312 g/mol. The van der Waals surface area contributed by atoms with E-state index in [-0.39, 0.29) is 6.42 Å². The van der Waals surface area contributed by atoms with Crippen LogP contribution in [-0.4, -0.2) is 21.6 Å². The highest BCUT2D eigenvalue weighted by molar-refractivity contribution is 5.95. The van der Waals surface area contributed by atoms with Crippen LogP contribution in [0.5, 0.6) is 0 Å². The topological polar surface area (TPSA) is 46.9 Å². The molecule has 0 bridgehead atoms. The second-order valence-electron chi connectivity index (χ2n) is 8.68. The molecule has 1 aromatic heterocycles. The maximum atomic E-state index is 13.2. The zero-order valence-corrected chi connectivity index (χ0v) is 14.5. The lowest BCUT2D eigenvalue weighted by atomic mass is 9.62. The minimum Gasteiger partial charge on any atom is -0.310 e. The van der Waals surface area contributed by atoms with Crippen LogP contribution in [0.15, 0.2) is 0 Å². The molecule has 1 atom stereocenters. The normalized spacial score (nSPS) is 28.1. The van der Waals surface area contributed by atoms with Gasteiger partial charge in [0.25, 0.3) is 5.92 Å². The van der Waals surface area contributed by atoms with Gasteiger partial charge in [-0.05, 0) is 37.0 Å². The van der Waals surface area contributed by atoms with Crippen LogP contribution >= 0.6 is 0 Å². The van der Waals surface area contributed by atoms with Gasteiger partial charge >= 0.3 is 0 Å². The number of aryl methyl sites for hydroxylation is 1. The molecule has 24 heavy (non-hydrogen) atoms. The van der Waals surface area contributed by atoms with Crippen molar-refractivity contribution >= 4 is 11.7 Å². The number of anilines is 1. The summed E-state index contributed by atoms with van der Waals surface area (Å²) in [7, 11) is 1.80. The summed E-state index contributed by atoms with van der Waals surface area (Å²) in [6, 6.07) is 0. The largest absolute Gasteiger partial charge is 0.310 e. The standard InChI is InChI=1S/C18H25F2N3O/c1-17(2)7-11(8-17)14-13(10-5-4-6-10)15(23(3)22-14)21-16(24)12-9-18(12,19)20/h10-12H,4-9H2,1-3H3,(H,21,24)/t12-/m1/s1. The van der Waals surface area contributed by atoms with Crippen molar-refractivity contribution in [1.29, 1.82) is 0 Å². The molecule has 1 aromatic rings. The highest BCUT2D eigenvalue weighted by atomic mass is 19.3. The number of nitrogens with one attached hydrogen (secondary N) is 1. The Kier molecular flexibility index (Phi) is 3.35. The minimum absolute atomic E-state index is 0.334. The van der Waals surface area contributed by atoms with Gasteiger partial charge in [0, 0.05) is 24.9 Å². The molecule has 0 aliphatic heterocycles. The Labute approximate surface area is 141 Å². The first-order valence-electron chi connectivity index (χ1n) is 8.93. The molecule has 0 spiro atoms. The van der Waals surface area contributed by atoms with Gasteiger partial charge in [-0.1, -0.05) is 20.3 Å². The molecule has 3 aliphatic carbocycles. The van der Waals surface area contributed by atoms with E-state index in [1.807, 2.05) is 0 Å². The third-order valence-electron chi connectivity index (χ3n) is 5.99. The average molecular weight is 337 g/mol. The van der Waals surface area contributed by atoms with E-state index in [4.69, 9.17) is 0 Å². The van der Waals surface area contributed by atoms with E-state index in [0.29, 0.717) is 23.1 Å². The van der Waals surface area contributed by atoms with E-state index in [9.17, 15) is 13.6 Å². The van der Waals surface area contributed by atoms with Crippen molar-refractivity contribution < 1.29 is 13.6 Å². The predicted octanol–water partition coefficient (Wildman–Crippen LogP) is 4.18. The van der Waals surface area contributed by atoms with Gasteiger partial charge in [0.15, 0.2) is 0 Å². The van der Waals surface area contributed by atoms with Crippen LogP contribution in [0, 0.1) is 11.3 Å². The first-order valence-corrected chi connectivity index (χ1v) is 8.93. The Morgan fingerprint density at radius 2 is 1.83 bits per heavy atom. The molecule has 0 aromatic carbocycles. The summed E-state index contributed by atoms with van der Waals surface area (Å²) in [6.07, 6.45) is 5.23. The van der Waals surface area contributed by atoms with E-state index >= 15 is 0 Å². The molecule has 1 N–H and O–H groups in total. The second-order valence-corrected chi connectivity index (χ2v) is 8.68. The van der Waals surface area contributed by atoms with Gasteiger partial charge in [0.05, 0.1) is 5.69 Å². The summed E-state index contributed by atoms with van der Waals surface area (Å²) in [5, 5.41) is 7.46. The summed E-state index contributed by atoms with van der Waals surface area (Å²) in [6.45, 7) is 4.51. The fraction of sp³-hybridized carbons (Fsp3) is 0.778. The quantitative estimate of drug-likeness (QED) is 0.896. The first-order chi connectivity index (χ1) is 11.2. The lowest BCUT2D eigenvalue weighted by Gasteiger charge is -2.43. The average Bonchev–Trinajstić information content (AvgIpc) is 2.93. The molecular formula is C18H25F2N3O. The molecule has 1 heterocycles. The summed E-state index contributed by atoms with van der Waals surface area (Å²) in [4.78, 5) is 12.2. The van der Waals surface area contributed by atoms with Gasteiger partial charge in [-0.3, -0.25) is 9.48 Å². The highest BCUT2D eigenvalue weighted by Gasteiger charge is 2.61. The van der Waals surface area contributed by atoms with E-state index in [1.165, 1.54) is 6.42 Å². The lowest BCUT2D eigenvalue weighted by Crippen LogP contribution is -2.31. The first kappa shape index (κ1) is 16.0.